The largest absolute Gasteiger partial charge is 0.353 e. The number of nitrogens with zero attached hydrogens (tertiary/aromatic N) is 1. The second-order valence-corrected chi connectivity index (χ2v) is 7.13. The van der Waals surface area contributed by atoms with E-state index in [9.17, 15) is 9.18 Å². The number of thiazole rings is 1. The Hall–Kier alpha value is -1.75. The number of halogens is 1. The summed E-state index contributed by atoms with van der Waals surface area (Å²) < 4.78 is 13.3. The van der Waals surface area contributed by atoms with Crippen molar-refractivity contribution in [2.45, 2.75) is 46.1 Å². The van der Waals surface area contributed by atoms with Gasteiger partial charge in [0.05, 0.1) is 12.1 Å². The Kier molecular flexibility index (Phi) is 6.28. The summed E-state index contributed by atoms with van der Waals surface area (Å²) in [7, 11) is 0. The average Bonchev–Trinajstić information content (AvgIpc) is 2.93. The maximum atomic E-state index is 13.3. The molecule has 5 heteroatoms. The van der Waals surface area contributed by atoms with Crippen LogP contribution in [-0.2, 0) is 11.2 Å². The van der Waals surface area contributed by atoms with Crippen LogP contribution < -0.4 is 5.32 Å². The van der Waals surface area contributed by atoms with Gasteiger partial charge in [0.1, 0.15) is 10.8 Å². The highest BCUT2D eigenvalue weighted by Crippen LogP contribution is 2.24. The van der Waals surface area contributed by atoms with Gasteiger partial charge in [-0.05, 0) is 37.8 Å². The molecule has 0 spiro atoms. The van der Waals surface area contributed by atoms with Crippen molar-refractivity contribution in [3.05, 3.63) is 41.2 Å². The lowest BCUT2D eigenvalue weighted by Gasteiger charge is -2.14. The molecule has 2 aromatic rings. The second-order valence-electron chi connectivity index (χ2n) is 6.27. The van der Waals surface area contributed by atoms with Crippen molar-refractivity contribution in [1.82, 2.24) is 10.3 Å². The number of hydrogen-bond acceptors (Lipinski definition) is 3. The van der Waals surface area contributed by atoms with E-state index in [4.69, 9.17) is 0 Å². The quantitative estimate of drug-likeness (QED) is 0.814. The number of carbonyl (C=O) groups is 1. The number of benzene rings is 1. The van der Waals surface area contributed by atoms with Gasteiger partial charge in [0.2, 0.25) is 5.91 Å². The van der Waals surface area contributed by atoms with Crippen molar-refractivity contribution in [1.29, 1.82) is 0 Å². The molecule has 0 aliphatic carbocycles. The highest BCUT2D eigenvalue weighted by atomic mass is 32.1. The van der Waals surface area contributed by atoms with Crippen LogP contribution in [0.1, 0.15) is 39.3 Å². The van der Waals surface area contributed by atoms with E-state index in [1.165, 1.54) is 23.5 Å². The van der Waals surface area contributed by atoms with Crippen LogP contribution in [0.2, 0.25) is 0 Å². The molecule has 0 aliphatic heterocycles. The number of nitrogens with one attached hydrogen (secondary N) is 1. The van der Waals surface area contributed by atoms with Crippen molar-refractivity contribution in [2.24, 2.45) is 5.92 Å². The molecule has 1 unspecified atom stereocenters. The van der Waals surface area contributed by atoms with E-state index in [0.29, 0.717) is 5.92 Å². The minimum atomic E-state index is -0.282. The van der Waals surface area contributed by atoms with Crippen LogP contribution >= 0.6 is 11.3 Å². The van der Waals surface area contributed by atoms with E-state index in [1.54, 1.807) is 6.07 Å². The highest BCUT2D eigenvalue weighted by molar-refractivity contribution is 7.13. The first-order chi connectivity index (χ1) is 10.9. The summed E-state index contributed by atoms with van der Waals surface area (Å²) in [5, 5.41) is 5.60. The first kappa shape index (κ1) is 17.6. The van der Waals surface area contributed by atoms with Gasteiger partial charge in [-0.25, -0.2) is 9.37 Å². The van der Waals surface area contributed by atoms with E-state index in [-0.39, 0.29) is 24.2 Å². The van der Waals surface area contributed by atoms with Crippen molar-refractivity contribution in [2.75, 3.05) is 0 Å². The molecule has 2 rings (SSSR count). The summed E-state index contributed by atoms with van der Waals surface area (Å²) in [6.45, 7) is 6.38. The molecule has 0 fully saturated rings. The summed E-state index contributed by atoms with van der Waals surface area (Å²) >= 11 is 1.43. The van der Waals surface area contributed by atoms with E-state index in [0.717, 1.165) is 29.1 Å². The summed E-state index contributed by atoms with van der Waals surface area (Å²) in [5.41, 5.74) is 1.47. The predicted molar refractivity (Wildman–Crippen MR) is 92.9 cm³/mol. The molecule has 1 N–H and O–H groups in total. The fourth-order valence-corrected chi connectivity index (χ4v) is 3.10. The Morgan fingerprint density at radius 1 is 1.30 bits per heavy atom. The van der Waals surface area contributed by atoms with Gasteiger partial charge in [0.15, 0.2) is 0 Å². The van der Waals surface area contributed by atoms with Crippen molar-refractivity contribution in [3.63, 3.8) is 0 Å². The third-order valence-electron chi connectivity index (χ3n) is 3.55. The Labute approximate surface area is 141 Å². The van der Waals surface area contributed by atoms with Crippen LogP contribution in [0.15, 0.2) is 29.6 Å². The number of aromatic nitrogens is 1. The van der Waals surface area contributed by atoms with Gasteiger partial charge in [-0.2, -0.15) is 0 Å². The average molecular weight is 334 g/mol. The van der Waals surface area contributed by atoms with E-state index in [1.807, 2.05) is 18.4 Å². The number of rotatable bonds is 7. The number of hydrogen-bond donors (Lipinski definition) is 1. The Bertz CT molecular complexity index is 654. The normalized spacial score (nSPS) is 12.4. The molecule has 1 amide bonds. The standard InChI is InChI=1S/C18H23FN2OS/c1-12(2)7-8-13(3)20-17(22)10-16-11-23-18(21-16)14-5-4-6-15(19)9-14/h4-6,9,11-13H,7-8,10H2,1-3H3,(H,20,22). The van der Waals surface area contributed by atoms with Gasteiger partial charge < -0.3 is 5.32 Å². The zero-order valence-electron chi connectivity index (χ0n) is 13.8. The molecule has 23 heavy (non-hydrogen) atoms. The van der Waals surface area contributed by atoms with E-state index >= 15 is 0 Å². The van der Waals surface area contributed by atoms with Crippen molar-refractivity contribution < 1.29 is 9.18 Å². The maximum absolute atomic E-state index is 13.3. The van der Waals surface area contributed by atoms with Crippen LogP contribution in [0.4, 0.5) is 4.39 Å². The lowest BCUT2D eigenvalue weighted by Crippen LogP contribution is -2.33. The highest BCUT2D eigenvalue weighted by Gasteiger charge is 2.12. The van der Waals surface area contributed by atoms with Gasteiger partial charge in [0, 0.05) is 17.0 Å². The van der Waals surface area contributed by atoms with Crippen LogP contribution in [0, 0.1) is 11.7 Å². The molecule has 1 heterocycles. The molecule has 1 aromatic carbocycles. The van der Waals surface area contributed by atoms with Crippen LogP contribution in [0.3, 0.4) is 0 Å². The molecule has 3 nitrogen and oxygen atoms in total. The second kappa shape index (κ2) is 8.20. The molecular weight excluding hydrogens is 311 g/mol. The molecule has 0 bridgehead atoms. The molecule has 1 aromatic heterocycles. The smallest absolute Gasteiger partial charge is 0.226 e. The predicted octanol–water partition coefficient (Wildman–Crippen LogP) is 4.43. The van der Waals surface area contributed by atoms with Crippen molar-refractivity contribution >= 4 is 17.2 Å². The van der Waals surface area contributed by atoms with Gasteiger partial charge in [-0.1, -0.05) is 26.0 Å². The lowest BCUT2D eigenvalue weighted by atomic mass is 10.0. The minimum absolute atomic E-state index is 0.0163. The molecular formula is C18H23FN2OS. The molecule has 0 saturated heterocycles. The van der Waals surface area contributed by atoms with Crippen LogP contribution in [0.5, 0.6) is 0 Å². The Balaban J connectivity index is 1.90. The lowest BCUT2D eigenvalue weighted by molar-refractivity contribution is -0.121. The third kappa shape index (κ3) is 5.75. The number of amides is 1. The summed E-state index contributed by atoms with van der Waals surface area (Å²) in [6, 6.07) is 6.51. The fraction of sp³-hybridized carbons (Fsp3) is 0.444. The maximum Gasteiger partial charge on any atom is 0.226 e. The molecule has 0 aliphatic rings. The van der Waals surface area contributed by atoms with Gasteiger partial charge >= 0.3 is 0 Å². The molecule has 0 radical (unpaired) electrons. The van der Waals surface area contributed by atoms with E-state index in [2.05, 4.69) is 24.1 Å². The summed E-state index contributed by atoms with van der Waals surface area (Å²) in [6.07, 6.45) is 2.34. The molecule has 124 valence electrons. The van der Waals surface area contributed by atoms with Gasteiger partial charge in [0.25, 0.3) is 0 Å². The fourth-order valence-electron chi connectivity index (χ4n) is 2.29. The zero-order chi connectivity index (χ0) is 16.8. The summed E-state index contributed by atoms with van der Waals surface area (Å²) in [4.78, 5) is 16.5. The zero-order valence-corrected chi connectivity index (χ0v) is 14.6. The monoisotopic (exact) mass is 334 g/mol. The Morgan fingerprint density at radius 3 is 2.78 bits per heavy atom. The van der Waals surface area contributed by atoms with Gasteiger partial charge in [-0.15, -0.1) is 11.3 Å². The first-order valence-electron chi connectivity index (χ1n) is 7.93. The molecule has 0 saturated carbocycles. The Morgan fingerprint density at radius 2 is 2.09 bits per heavy atom. The van der Waals surface area contributed by atoms with Gasteiger partial charge in [-0.3, -0.25) is 4.79 Å². The summed E-state index contributed by atoms with van der Waals surface area (Å²) in [5.74, 6) is 0.343. The van der Waals surface area contributed by atoms with Crippen molar-refractivity contribution in [3.8, 4) is 10.6 Å². The van der Waals surface area contributed by atoms with Crippen LogP contribution in [-0.4, -0.2) is 16.9 Å². The third-order valence-corrected chi connectivity index (χ3v) is 4.49. The minimum Gasteiger partial charge on any atom is -0.353 e. The molecule has 1 atom stereocenters. The number of carbonyl (C=O) groups excluding carboxylic acids is 1. The van der Waals surface area contributed by atoms with E-state index < -0.39 is 0 Å². The SMILES string of the molecule is CC(C)CCC(C)NC(=O)Cc1csc(-c2cccc(F)c2)n1. The first-order valence-corrected chi connectivity index (χ1v) is 8.81. The van der Waals surface area contributed by atoms with Crippen LogP contribution in [0.25, 0.3) is 10.6 Å². The topological polar surface area (TPSA) is 42.0 Å².